The Hall–Kier alpha value is -1.41. The number of nitrogens with zero attached hydrogens (tertiary/aromatic N) is 1. The van der Waals surface area contributed by atoms with Crippen LogP contribution in [-0.2, 0) is 0 Å². The summed E-state index contributed by atoms with van der Waals surface area (Å²) in [6, 6.07) is 10.6. The van der Waals surface area contributed by atoms with Crippen molar-refractivity contribution < 1.29 is 0 Å². The lowest BCUT2D eigenvalue weighted by Crippen LogP contribution is -2.08. The van der Waals surface area contributed by atoms with Crippen molar-refractivity contribution in [3.05, 3.63) is 42.2 Å². The van der Waals surface area contributed by atoms with Crippen molar-refractivity contribution >= 4 is 10.8 Å². The Labute approximate surface area is 89.3 Å². The van der Waals surface area contributed by atoms with E-state index in [4.69, 9.17) is 0 Å². The molecule has 1 aliphatic rings. The molecular weight excluding hydrogens is 184 g/mol. The molecule has 3 rings (SSSR count). The average molecular weight is 198 g/mol. The van der Waals surface area contributed by atoms with E-state index < -0.39 is 0 Å². The van der Waals surface area contributed by atoms with Crippen LogP contribution in [0.3, 0.4) is 0 Å². The molecular formula is C13H14N2. The van der Waals surface area contributed by atoms with Gasteiger partial charge in [-0.3, -0.25) is 4.98 Å². The smallest absolute Gasteiger partial charge is 0.0454 e. The van der Waals surface area contributed by atoms with Gasteiger partial charge >= 0.3 is 0 Å². The Balaban J connectivity index is 2.05. The van der Waals surface area contributed by atoms with Gasteiger partial charge in [0.15, 0.2) is 0 Å². The van der Waals surface area contributed by atoms with Crippen LogP contribution in [0.5, 0.6) is 0 Å². The molecule has 0 saturated carbocycles. The van der Waals surface area contributed by atoms with E-state index in [1.54, 1.807) is 0 Å². The van der Waals surface area contributed by atoms with Gasteiger partial charge < -0.3 is 5.32 Å². The highest BCUT2D eigenvalue weighted by Crippen LogP contribution is 2.23. The fourth-order valence-corrected chi connectivity index (χ4v) is 2.23. The zero-order valence-electron chi connectivity index (χ0n) is 8.61. The van der Waals surface area contributed by atoms with Crippen molar-refractivity contribution in [2.45, 2.75) is 12.3 Å². The summed E-state index contributed by atoms with van der Waals surface area (Å²) in [5.74, 6) is 0.606. The fourth-order valence-electron chi connectivity index (χ4n) is 2.23. The molecule has 1 saturated heterocycles. The summed E-state index contributed by atoms with van der Waals surface area (Å²) in [5, 5.41) is 5.91. The predicted molar refractivity (Wildman–Crippen MR) is 62.0 cm³/mol. The highest BCUT2D eigenvalue weighted by atomic mass is 14.9. The minimum Gasteiger partial charge on any atom is -0.316 e. The normalized spacial score (nSPS) is 20.9. The molecule has 2 nitrogen and oxygen atoms in total. The molecule has 15 heavy (non-hydrogen) atoms. The summed E-state index contributed by atoms with van der Waals surface area (Å²) in [6.07, 6.45) is 3.20. The van der Waals surface area contributed by atoms with E-state index in [-0.39, 0.29) is 0 Å². The Kier molecular flexibility index (Phi) is 2.14. The maximum atomic E-state index is 4.55. The van der Waals surface area contributed by atoms with E-state index >= 15 is 0 Å². The standard InChI is InChI=1S/C13H14N2/c1-2-4-11-9-15-13(7-10(11)3-1)12-5-6-14-8-12/h1-4,7,9,12,14H,5-6,8H2. The maximum absolute atomic E-state index is 4.55. The third-order valence-corrected chi connectivity index (χ3v) is 3.13. The molecule has 0 radical (unpaired) electrons. The summed E-state index contributed by atoms with van der Waals surface area (Å²) < 4.78 is 0. The topological polar surface area (TPSA) is 24.9 Å². The van der Waals surface area contributed by atoms with Gasteiger partial charge in [-0.05, 0) is 24.4 Å². The first-order valence-corrected chi connectivity index (χ1v) is 5.49. The summed E-state index contributed by atoms with van der Waals surface area (Å²) >= 11 is 0. The number of fused-ring (bicyclic) bond motifs is 1. The van der Waals surface area contributed by atoms with Gasteiger partial charge in [-0.1, -0.05) is 24.3 Å². The van der Waals surface area contributed by atoms with Crippen molar-refractivity contribution in [3.8, 4) is 0 Å². The van der Waals surface area contributed by atoms with Crippen molar-refractivity contribution in [3.63, 3.8) is 0 Å². The third-order valence-electron chi connectivity index (χ3n) is 3.13. The Morgan fingerprint density at radius 3 is 2.87 bits per heavy atom. The van der Waals surface area contributed by atoms with Gasteiger partial charge in [0.2, 0.25) is 0 Å². The van der Waals surface area contributed by atoms with Gasteiger partial charge in [-0.15, -0.1) is 0 Å². The van der Waals surface area contributed by atoms with Gasteiger partial charge in [0.05, 0.1) is 0 Å². The van der Waals surface area contributed by atoms with E-state index in [1.165, 1.54) is 22.9 Å². The second kappa shape index (κ2) is 3.63. The number of benzene rings is 1. The zero-order chi connectivity index (χ0) is 10.1. The first-order chi connectivity index (χ1) is 7.43. The lowest BCUT2D eigenvalue weighted by Gasteiger charge is -2.08. The van der Waals surface area contributed by atoms with E-state index in [9.17, 15) is 0 Å². The Morgan fingerprint density at radius 1 is 1.20 bits per heavy atom. The van der Waals surface area contributed by atoms with Gasteiger partial charge in [-0.25, -0.2) is 0 Å². The lowest BCUT2D eigenvalue weighted by molar-refractivity contribution is 0.737. The van der Waals surface area contributed by atoms with Crippen molar-refractivity contribution in [1.29, 1.82) is 0 Å². The largest absolute Gasteiger partial charge is 0.316 e. The summed E-state index contributed by atoms with van der Waals surface area (Å²) in [7, 11) is 0. The minimum atomic E-state index is 0.606. The average Bonchev–Trinajstić information content (AvgIpc) is 2.82. The third kappa shape index (κ3) is 1.61. The van der Waals surface area contributed by atoms with Crippen LogP contribution in [0.25, 0.3) is 10.8 Å². The molecule has 2 aromatic rings. The highest BCUT2D eigenvalue weighted by molar-refractivity contribution is 5.81. The van der Waals surface area contributed by atoms with Gasteiger partial charge in [0, 0.05) is 29.7 Å². The van der Waals surface area contributed by atoms with E-state index in [2.05, 4.69) is 40.6 Å². The molecule has 1 fully saturated rings. The van der Waals surface area contributed by atoms with Crippen LogP contribution in [0.1, 0.15) is 18.0 Å². The van der Waals surface area contributed by atoms with Crippen molar-refractivity contribution in [1.82, 2.24) is 10.3 Å². The van der Waals surface area contributed by atoms with Crippen LogP contribution in [0.4, 0.5) is 0 Å². The number of aromatic nitrogens is 1. The molecule has 0 amide bonds. The second-order valence-corrected chi connectivity index (χ2v) is 4.15. The molecule has 0 bridgehead atoms. The van der Waals surface area contributed by atoms with E-state index in [1.807, 2.05) is 6.20 Å². The number of rotatable bonds is 1. The van der Waals surface area contributed by atoms with Gasteiger partial charge in [0.25, 0.3) is 0 Å². The van der Waals surface area contributed by atoms with Crippen LogP contribution in [0, 0.1) is 0 Å². The Bertz CT molecular complexity index is 473. The molecule has 1 unspecified atom stereocenters. The quantitative estimate of drug-likeness (QED) is 0.760. The summed E-state index contributed by atoms with van der Waals surface area (Å²) in [6.45, 7) is 2.20. The number of pyridine rings is 1. The molecule has 0 aliphatic carbocycles. The molecule has 0 spiro atoms. The fraction of sp³-hybridized carbons (Fsp3) is 0.308. The molecule has 76 valence electrons. The maximum Gasteiger partial charge on any atom is 0.0454 e. The second-order valence-electron chi connectivity index (χ2n) is 4.15. The molecule has 1 N–H and O–H groups in total. The first-order valence-electron chi connectivity index (χ1n) is 5.49. The minimum absolute atomic E-state index is 0.606. The number of nitrogens with one attached hydrogen (secondary N) is 1. The van der Waals surface area contributed by atoms with Crippen molar-refractivity contribution in [2.75, 3.05) is 13.1 Å². The zero-order valence-corrected chi connectivity index (χ0v) is 8.61. The monoisotopic (exact) mass is 198 g/mol. The van der Waals surface area contributed by atoms with E-state index in [0.717, 1.165) is 13.1 Å². The summed E-state index contributed by atoms with van der Waals surface area (Å²) in [4.78, 5) is 4.55. The van der Waals surface area contributed by atoms with Crippen LogP contribution < -0.4 is 5.32 Å². The molecule has 2 heterocycles. The van der Waals surface area contributed by atoms with Crippen LogP contribution in [0.15, 0.2) is 36.5 Å². The van der Waals surface area contributed by atoms with Crippen molar-refractivity contribution in [2.24, 2.45) is 0 Å². The lowest BCUT2D eigenvalue weighted by atomic mass is 10.0. The van der Waals surface area contributed by atoms with Crippen LogP contribution >= 0.6 is 0 Å². The SMILES string of the molecule is c1ccc2cc(C3CCNC3)ncc2c1. The molecule has 1 aromatic carbocycles. The van der Waals surface area contributed by atoms with Crippen LogP contribution in [-0.4, -0.2) is 18.1 Å². The van der Waals surface area contributed by atoms with E-state index in [0.29, 0.717) is 5.92 Å². The number of hydrogen-bond acceptors (Lipinski definition) is 2. The Morgan fingerprint density at radius 2 is 2.07 bits per heavy atom. The van der Waals surface area contributed by atoms with Crippen LogP contribution in [0.2, 0.25) is 0 Å². The number of hydrogen-bond donors (Lipinski definition) is 1. The predicted octanol–water partition coefficient (Wildman–Crippen LogP) is 2.31. The first kappa shape index (κ1) is 8.86. The van der Waals surface area contributed by atoms with Gasteiger partial charge in [0.1, 0.15) is 0 Å². The molecule has 1 aromatic heterocycles. The highest BCUT2D eigenvalue weighted by Gasteiger charge is 2.17. The molecule has 1 aliphatic heterocycles. The molecule has 1 atom stereocenters. The summed E-state index contributed by atoms with van der Waals surface area (Å²) in [5.41, 5.74) is 1.23. The van der Waals surface area contributed by atoms with Gasteiger partial charge in [-0.2, -0.15) is 0 Å². The molecule has 2 heteroatoms.